The van der Waals surface area contributed by atoms with Crippen LogP contribution in [0.1, 0.15) is 104 Å². The second-order valence-corrected chi connectivity index (χ2v) is 10.1. The minimum Gasteiger partial charge on any atom is -0.480 e. The Hall–Kier alpha value is -1.30. The van der Waals surface area contributed by atoms with Gasteiger partial charge in [0.1, 0.15) is 11.6 Å². The lowest BCUT2D eigenvalue weighted by Crippen LogP contribution is -2.43. The normalized spacial score (nSPS) is 22.2. The van der Waals surface area contributed by atoms with Crippen LogP contribution in [-0.2, 0) is 9.53 Å². The zero-order valence-electron chi connectivity index (χ0n) is 18.7. The van der Waals surface area contributed by atoms with Crippen molar-refractivity contribution in [2.45, 2.75) is 128 Å². The van der Waals surface area contributed by atoms with Crippen LogP contribution in [0, 0.1) is 5.92 Å². The first-order valence-electron chi connectivity index (χ1n) is 11.7. The minimum atomic E-state index is -1.00. The van der Waals surface area contributed by atoms with Gasteiger partial charge >= 0.3 is 12.1 Å². The van der Waals surface area contributed by atoms with E-state index < -0.39 is 23.7 Å². The first-order valence-corrected chi connectivity index (χ1v) is 11.7. The molecule has 0 heterocycles. The molecule has 0 aliphatic heterocycles. The molecule has 3 saturated carbocycles. The predicted octanol–water partition coefficient (Wildman–Crippen LogP) is 5.01. The molecule has 6 heteroatoms. The SMILES string of the molecule is C1CCC(NC2CCCCC2)CC1.CC(C)(C)OC(=O)N[C@@H](CC1CC1)C(=O)O. The first kappa shape index (κ1) is 24.0. The fraction of sp³-hybridized carbons (Fsp3) is 0.913. The average Bonchev–Trinajstić information content (AvgIpc) is 3.46. The monoisotopic (exact) mass is 410 g/mol. The van der Waals surface area contributed by atoms with Crippen LogP contribution < -0.4 is 10.6 Å². The van der Waals surface area contributed by atoms with E-state index in [1.54, 1.807) is 20.8 Å². The third-order valence-corrected chi connectivity index (χ3v) is 5.94. The lowest BCUT2D eigenvalue weighted by molar-refractivity contribution is -0.139. The van der Waals surface area contributed by atoms with Crippen molar-refractivity contribution in [3.8, 4) is 0 Å². The number of carbonyl (C=O) groups excluding carboxylic acids is 1. The summed E-state index contributed by atoms with van der Waals surface area (Å²) in [5, 5.41) is 15.2. The Labute approximate surface area is 176 Å². The number of nitrogens with one attached hydrogen (secondary N) is 2. The molecule has 0 aromatic rings. The molecule has 3 fully saturated rings. The number of ether oxygens (including phenoxy) is 1. The molecule has 0 aromatic heterocycles. The molecule has 29 heavy (non-hydrogen) atoms. The van der Waals surface area contributed by atoms with Crippen molar-refractivity contribution < 1.29 is 19.4 Å². The highest BCUT2D eigenvalue weighted by atomic mass is 16.6. The molecule has 0 bridgehead atoms. The number of rotatable bonds is 6. The Morgan fingerprint density at radius 1 is 0.897 bits per heavy atom. The zero-order chi connectivity index (χ0) is 21.3. The molecular weight excluding hydrogens is 368 g/mol. The van der Waals surface area contributed by atoms with Gasteiger partial charge in [0, 0.05) is 12.1 Å². The van der Waals surface area contributed by atoms with Gasteiger partial charge in [0.15, 0.2) is 0 Å². The fourth-order valence-electron chi connectivity index (χ4n) is 4.23. The van der Waals surface area contributed by atoms with Crippen LogP contribution in [0.25, 0.3) is 0 Å². The van der Waals surface area contributed by atoms with E-state index >= 15 is 0 Å². The van der Waals surface area contributed by atoms with Crippen LogP contribution in [0.15, 0.2) is 0 Å². The number of amides is 1. The van der Waals surface area contributed by atoms with Gasteiger partial charge in [-0.05, 0) is 58.8 Å². The quantitative estimate of drug-likeness (QED) is 0.573. The van der Waals surface area contributed by atoms with Gasteiger partial charge in [-0.15, -0.1) is 0 Å². The molecule has 1 amide bonds. The molecule has 0 saturated heterocycles. The summed E-state index contributed by atoms with van der Waals surface area (Å²) < 4.78 is 5.01. The Kier molecular flexibility index (Phi) is 9.73. The number of alkyl carbamates (subject to hydrolysis) is 1. The van der Waals surface area contributed by atoms with E-state index in [9.17, 15) is 9.59 Å². The van der Waals surface area contributed by atoms with Crippen molar-refractivity contribution in [3.63, 3.8) is 0 Å². The van der Waals surface area contributed by atoms with E-state index in [0.29, 0.717) is 12.3 Å². The van der Waals surface area contributed by atoms with Crippen molar-refractivity contribution in [1.29, 1.82) is 0 Å². The molecule has 3 N–H and O–H groups in total. The first-order chi connectivity index (χ1) is 13.7. The van der Waals surface area contributed by atoms with Gasteiger partial charge in [0.2, 0.25) is 0 Å². The summed E-state index contributed by atoms with van der Waals surface area (Å²) in [6, 6.07) is 0.913. The van der Waals surface area contributed by atoms with E-state index in [1.165, 1.54) is 64.2 Å². The number of hydrogen-bond acceptors (Lipinski definition) is 4. The highest BCUT2D eigenvalue weighted by Gasteiger charge is 2.31. The summed E-state index contributed by atoms with van der Waals surface area (Å²) in [5.74, 6) is -0.561. The number of hydrogen-bond donors (Lipinski definition) is 3. The van der Waals surface area contributed by atoms with Gasteiger partial charge in [-0.1, -0.05) is 51.4 Å². The highest BCUT2D eigenvalue weighted by Crippen LogP contribution is 2.33. The molecule has 0 radical (unpaired) electrons. The fourth-order valence-corrected chi connectivity index (χ4v) is 4.23. The van der Waals surface area contributed by atoms with Crippen LogP contribution >= 0.6 is 0 Å². The standard InChI is InChI=1S/C12H23N.C11H19NO4/c1-3-7-11(8-4-1)13-12-9-5-2-6-10-12;1-11(2,3)16-10(15)12-8(9(13)14)6-7-4-5-7/h11-13H,1-10H2;7-8H,4-6H2,1-3H3,(H,12,15)(H,13,14)/t;8-/m.0/s1. The van der Waals surface area contributed by atoms with Gasteiger partial charge in [0.25, 0.3) is 0 Å². The second-order valence-electron chi connectivity index (χ2n) is 10.1. The summed E-state index contributed by atoms with van der Waals surface area (Å²) in [6.45, 7) is 5.22. The summed E-state index contributed by atoms with van der Waals surface area (Å²) in [6.07, 6.45) is 16.5. The maximum Gasteiger partial charge on any atom is 0.408 e. The number of carboxylic acid groups (broad SMARTS) is 1. The third-order valence-electron chi connectivity index (χ3n) is 5.94. The van der Waals surface area contributed by atoms with Crippen molar-refractivity contribution >= 4 is 12.1 Å². The Balaban J connectivity index is 0.000000211. The number of aliphatic carboxylic acids is 1. The van der Waals surface area contributed by atoms with Gasteiger partial charge in [0.05, 0.1) is 0 Å². The Morgan fingerprint density at radius 2 is 1.38 bits per heavy atom. The van der Waals surface area contributed by atoms with Crippen LogP contribution in [0.2, 0.25) is 0 Å². The average molecular weight is 411 g/mol. The predicted molar refractivity (Wildman–Crippen MR) is 115 cm³/mol. The van der Waals surface area contributed by atoms with E-state index in [0.717, 1.165) is 24.9 Å². The van der Waals surface area contributed by atoms with Gasteiger partial charge in [-0.25, -0.2) is 9.59 Å². The molecule has 3 rings (SSSR count). The number of carbonyl (C=O) groups is 2. The van der Waals surface area contributed by atoms with Crippen LogP contribution in [0.4, 0.5) is 4.79 Å². The lowest BCUT2D eigenvalue weighted by Gasteiger charge is -2.30. The largest absolute Gasteiger partial charge is 0.480 e. The zero-order valence-corrected chi connectivity index (χ0v) is 18.7. The number of carboxylic acids is 1. The third kappa shape index (κ3) is 10.9. The molecule has 6 nitrogen and oxygen atoms in total. The van der Waals surface area contributed by atoms with Crippen LogP contribution in [-0.4, -0.2) is 40.9 Å². The summed E-state index contributed by atoms with van der Waals surface area (Å²) >= 11 is 0. The van der Waals surface area contributed by atoms with Crippen LogP contribution in [0.5, 0.6) is 0 Å². The smallest absolute Gasteiger partial charge is 0.408 e. The molecule has 0 unspecified atom stereocenters. The second kappa shape index (κ2) is 11.8. The van der Waals surface area contributed by atoms with Crippen molar-refractivity contribution in [2.24, 2.45) is 5.92 Å². The van der Waals surface area contributed by atoms with E-state index in [4.69, 9.17) is 9.84 Å². The van der Waals surface area contributed by atoms with Crippen molar-refractivity contribution in [1.82, 2.24) is 10.6 Å². The Bertz CT molecular complexity index is 485. The summed E-state index contributed by atoms with van der Waals surface area (Å²) in [5.41, 5.74) is -0.604. The van der Waals surface area contributed by atoms with E-state index in [-0.39, 0.29) is 0 Å². The molecular formula is C23H42N2O4. The topological polar surface area (TPSA) is 87.7 Å². The Morgan fingerprint density at radius 3 is 1.76 bits per heavy atom. The van der Waals surface area contributed by atoms with Gasteiger partial charge in [-0.3, -0.25) is 0 Å². The van der Waals surface area contributed by atoms with Gasteiger partial charge < -0.3 is 20.5 Å². The van der Waals surface area contributed by atoms with E-state index in [1.807, 2.05) is 0 Å². The summed E-state index contributed by atoms with van der Waals surface area (Å²) in [7, 11) is 0. The molecule has 0 spiro atoms. The van der Waals surface area contributed by atoms with Crippen molar-refractivity contribution in [2.75, 3.05) is 0 Å². The molecule has 3 aliphatic rings. The lowest BCUT2D eigenvalue weighted by atomic mass is 9.91. The molecule has 1 atom stereocenters. The summed E-state index contributed by atoms with van der Waals surface area (Å²) in [4.78, 5) is 22.3. The van der Waals surface area contributed by atoms with Gasteiger partial charge in [-0.2, -0.15) is 0 Å². The minimum absolute atomic E-state index is 0.441. The maximum atomic E-state index is 11.4. The van der Waals surface area contributed by atoms with Crippen LogP contribution in [0.3, 0.4) is 0 Å². The molecule has 3 aliphatic carbocycles. The molecule has 0 aromatic carbocycles. The maximum absolute atomic E-state index is 11.4. The highest BCUT2D eigenvalue weighted by molar-refractivity contribution is 5.80. The van der Waals surface area contributed by atoms with Crippen molar-refractivity contribution in [3.05, 3.63) is 0 Å². The molecule has 168 valence electrons. The van der Waals surface area contributed by atoms with E-state index in [2.05, 4.69) is 10.6 Å².